The fraction of sp³-hybridized carbons (Fsp3) is 0.263. The van der Waals surface area contributed by atoms with Gasteiger partial charge in [0, 0.05) is 23.2 Å². The monoisotopic (exact) mass is 345 g/mol. The topological polar surface area (TPSA) is 37.8 Å². The van der Waals surface area contributed by atoms with Crippen molar-refractivity contribution >= 4 is 29.1 Å². The Hall–Kier alpha value is -2.20. The predicted molar refractivity (Wildman–Crippen MR) is 100 cm³/mol. The van der Waals surface area contributed by atoms with E-state index in [1.54, 1.807) is 12.1 Å². The van der Waals surface area contributed by atoms with Crippen LogP contribution in [-0.4, -0.2) is 16.5 Å². The lowest BCUT2D eigenvalue weighted by Crippen LogP contribution is -2.06. The highest BCUT2D eigenvalue weighted by molar-refractivity contribution is 5.96. The molecule has 126 valence electrons. The van der Waals surface area contributed by atoms with Crippen LogP contribution in [0.5, 0.6) is 0 Å². The third kappa shape index (κ3) is 3.82. The molecule has 2 aromatic carbocycles. The van der Waals surface area contributed by atoms with Gasteiger partial charge in [-0.15, -0.1) is 12.4 Å². The van der Waals surface area contributed by atoms with Crippen molar-refractivity contribution in [1.29, 1.82) is 0 Å². The predicted octanol–water partition coefficient (Wildman–Crippen LogP) is 5.38. The molecule has 1 N–H and O–H groups in total. The largest absolute Gasteiger partial charge is 0.354 e. The van der Waals surface area contributed by atoms with Gasteiger partial charge in [0.2, 0.25) is 5.95 Å². The molecular weight excluding hydrogens is 325 g/mol. The molecule has 1 aromatic heterocycles. The number of aryl methyl sites for hydroxylation is 1. The molecule has 0 spiro atoms. The minimum Gasteiger partial charge on any atom is -0.354 e. The van der Waals surface area contributed by atoms with Crippen molar-refractivity contribution in [1.82, 2.24) is 9.97 Å². The average molecular weight is 346 g/mol. The maximum Gasteiger partial charge on any atom is 0.223 e. The zero-order valence-electron chi connectivity index (χ0n) is 13.8. The fourth-order valence-corrected chi connectivity index (χ4v) is 2.65. The van der Waals surface area contributed by atoms with Gasteiger partial charge >= 0.3 is 0 Å². The Labute approximate surface area is 147 Å². The van der Waals surface area contributed by atoms with Gasteiger partial charge in [0.05, 0.1) is 5.69 Å². The number of hydrogen-bond acceptors (Lipinski definition) is 3. The maximum atomic E-state index is 14.0. The first-order valence-electron chi connectivity index (χ1n) is 7.96. The van der Waals surface area contributed by atoms with Crippen molar-refractivity contribution in [3.63, 3.8) is 0 Å². The highest BCUT2D eigenvalue weighted by atomic mass is 35.5. The van der Waals surface area contributed by atoms with Gasteiger partial charge in [-0.1, -0.05) is 37.6 Å². The molecule has 5 heteroatoms. The van der Waals surface area contributed by atoms with Crippen LogP contribution in [0.2, 0.25) is 0 Å². The van der Waals surface area contributed by atoms with Crippen LogP contribution in [0.25, 0.3) is 22.0 Å². The van der Waals surface area contributed by atoms with E-state index in [0.29, 0.717) is 11.3 Å². The van der Waals surface area contributed by atoms with E-state index in [0.717, 1.165) is 41.7 Å². The first-order valence-corrected chi connectivity index (χ1v) is 7.96. The van der Waals surface area contributed by atoms with Crippen LogP contribution in [0.4, 0.5) is 10.3 Å². The van der Waals surface area contributed by atoms with E-state index in [-0.39, 0.29) is 18.2 Å². The van der Waals surface area contributed by atoms with Crippen LogP contribution in [0.15, 0.2) is 42.5 Å². The Morgan fingerprint density at radius 3 is 2.54 bits per heavy atom. The number of fused-ring (bicyclic) bond motifs is 1. The molecule has 0 saturated heterocycles. The Kier molecular flexibility index (Phi) is 6.10. The number of halogens is 2. The van der Waals surface area contributed by atoms with Gasteiger partial charge in [-0.3, -0.25) is 0 Å². The molecule has 24 heavy (non-hydrogen) atoms. The highest BCUT2D eigenvalue weighted by Gasteiger charge is 2.10. The third-order valence-corrected chi connectivity index (χ3v) is 3.81. The van der Waals surface area contributed by atoms with Gasteiger partial charge in [0.25, 0.3) is 0 Å². The first kappa shape index (κ1) is 18.1. The molecule has 0 unspecified atom stereocenters. The van der Waals surface area contributed by atoms with Gasteiger partial charge in [-0.25, -0.2) is 14.4 Å². The summed E-state index contributed by atoms with van der Waals surface area (Å²) in [6.07, 6.45) is 2.19. The normalized spacial score (nSPS) is 10.5. The average Bonchev–Trinajstić information content (AvgIpc) is 2.55. The summed E-state index contributed by atoms with van der Waals surface area (Å²) in [5.74, 6) is 0.415. The van der Waals surface area contributed by atoms with Gasteiger partial charge in [-0.2, -0.15) is 0 Å². The molecule has 0 aliphatic rings. The van der Waals surface area contributed by atoms with Gasteiger partial charge in [-0.05, 0) is 36.9 Å². The number of aromatic nitrogens is 2. The van der Waals surface area contributed by atoms with Gasteiger partial charge in [0.15, 0.2) is 0 Å². The van der Waals surface area contributed by atoms with Crippen molar-refractivity contribution in [2.45, 2.75) is 26.7 Å². The van der Waals surface area contributed by atoms with Crippen LogP contribution < -0.4 is 5.32 Å². The van der Waals surface area contributed by atoms with E-state index in [1.165, 1.54) is 6.07 Å². The first-order chi connectivity index (χ1) is 11.2. The summed E-state index contributed by atoms with van der Waals surface area (Å²) in [5, 5.41) is 4.74. The molecule has 3 nitrogen and oxygen atoms in total. The van der Waals surface area contributed by atoms with Crippen LogP contribution in [0.1, 0.15) is 25.5 Å². The van der Waals surface area contributed by atoms with Gasteiger partial charge in [0.1, 0.15) is 5.82 Å². The summed E-state index contributed by atoms with van der Waals surface area (Å²) in [6.45, 7) is 4.94. The highest BCUT2D eigenvalue weighted by Crippen LogP contribution is 2.29. The molecule has 0 saturated carbocycles. The SMILES string of the molecule is CCCCNc1nc(C)cc(-c2ccc(F)c3ccccc23)n1.Cl. The lowest BCUT2D eigenvalue weighted by Gasteiger charge is -2.10. The Morgan fingerprint density at radius 2 is 1.79 bits per heavy atom. The lowest BCUT2D eigenvalue weighted by atomic mass is 10.0. The number of hydrogen-bond donors (Lipinski definition) is 1. The summed E-state index contributed by atoms with van der Waals surface area (Å²) in [6, 6.07) is 12.7. The number of benzene rings is 2. The van der Waals surface area contributed by atoms with Crippen molar-refractivity contribution in [2.24, 2.45) is 0 Å². The number of rotatable bonds is 5. The molecule has 0 bridgehead atoms. The van der Waals surface area contributed by atoms with E-state index in [4.69, 9.17) is 0 Å². The second-order valence-electron chi connectivity index (χ2n) is 5.64. The zero-order chi connectivity index (χ0) is 16.2. The van der Waals surface area contributed by atoms with Crippen LogP contribution in [-0.2, 0) is 0 Å². The maximum absolute atomic E-state index is 14.0. The zero-order valence-corrected chi connectivity index (χ0v) is 14.7. The number of nitrogens with zero attached hydrogens (tertiary/aromatic N) is 2. The summed E-state index contributed by atoms with van der Waals surface area (Å²) < 4.78 is 14.0. The van der Waals surface area contributed by atoms with Crippen molar-refractivity contribution < 1.29 is 4.39 Å². The summed E-state index contributed by atoms with van der Waals surface area (Å²) in [7, 11) is 0. The second-order valence-corrected chi connectivity index (χ2v) is 5.64. The summed E-state index contributed by atoms with van der Waals surface area (Å²) >= 11 is 0. The summed E-state index contributed by atoms with van der Waals surface area (Å²) in [4.78, 5) is 9.04. The van der Waals surface area contributed by atoms with Crippen molar-refractivity contribution in [3.05, 3.63) is 54.0 Å². The smallest absolute Gasteiger partial charge is 0.223 e. The molecule has 0 aliphatic heterocycles. The molecule has 0 amide bonds. The van der Waals surface area contributed by atoms with Crippen LogP contribution in [0, 0.1) is 12.7 Å². The fourth-order valence-electron chi connectivity index (χ4n) is 2.65. The summed E-state index contributed by atoms with van der Waals surface area (Å²) in [5.41, 5.74) is 2.63. The Morgan fingerprint density at radius 1 is 1.04 bits per heavy atom. The van der Waals surface area contributed by atoms with Crippen LogP contribution >= 0.6 is 12.4 Å². The van der Waals surface area contributed by atoms with Crippen molar-refractivity contribution in [2.75, 3.05) is 11.9 Å². The molecule has 0 radical (unpaired) electrons. The van der Waals surface area contributed by atoms with E-state index < -0.39 is 0 Å². The standard InChI is InChI=1S/C19H20FN3.ClH/c1-3-4-11-21-19-22-13(2)12-18(23-19)16-9-10-17(20)15-8-6-5-7-14(15)16;/h5-10,12H,3-4,11H2,1-2H3,(H,21,22,23);1H. The lowest BCUT2D eigenvalue weighted by molar-refractivity contribution is 0.640. The van der Waals surface area contributed by atoms with E-state index in [1.807, 2.05) is 31.2 Å². The minimum atomic E-state index is -0.212. The van der Waals surface area contributed by atoms with E-state index >= 15 is 0 Å². The van der Waals surface area contributed by atoms with Crippen LogP contribution in [0.3, 0.4) is 0 Å². The molecule has 1 heterocycles. The molecule has 0 aliphatic carbocycles. The van der Waals surface area contributed by atoms with Gasteiger partial charge < -0.3 is 5.32 Å². The quantitative estimate of drug-likeness (QED) is 0.631. The Balaban J connectivity index is 0.00000208. The van der Waals surface area contributed by atoms with E-state index in [9.17, 15) is 4.39 Å². The molecule has 3 rings (SSSR count). The van der Waals surface area contributed by atoms with Crippen molar-refractivity contribution in [3.8, 4) is 11.3 Å². The third-order valence-electron chi connectivity index (χ3n) is 3.81. The number of anilines is 1. The molecule has 0 atom stereocenters. The number of nitrogens with one attached hydrogen (secondary N) is 1. The Bertz CT molecular complexity index is 836. The van der Waals surface area contributed by atoms with E-state index in [2.05, 4.69) is 22.2 Å². The minimum absolute atomic E-state index is 0. The number of unbranched alkanes of at least 4 members (excludes halogenated alkanes) is 1. The molecular formula is C19H21ClFN3. The molecule has 3 aromatic rings. The molecule has 0 fully saturated rings. The second kappa shape index (κ2) is 8.06.